The average molecular weight is 272 g/mol. The molecule has 0 aliphatic carbocycles. The van der Waals surface area contributed by atoms with Crippen molar-refractivity contribution in [2.75, 3.05) is 12.0 Å². The fourth-order valence-corrected chi connectivity index (χ4v) is 3.25. The van der Waals surface area contributed by atoms with Crippen LogP contribution in [0.5, 0.6) is 0 Å². The molecule has 1 heterocycles. The molecule has 1 rings (SSSR count). The average Bonchev–Trinajstić information content (AvgIpc) is 2.38. The Bertz CT molecular complexity index is 309. The van der Waals surface area contributed by atoms with Gasteiger partial charge < -0.3 is 10.2 Å². The first-order valence-electron chi connectivity index (χ1n) is 6.72. The van der Waals surface area contributed by atoms with Crippen molar-refractivity contribution in [3.05, 3.63) is 0 Å². The highest BCUT2D eigenvalue weighted by Gasteiger charge is 2.41. The van der Waals surface area contributed by atoms with Gasteiger partial charge in [0.2, 0.25) is 11.8 Å². The lowest BCUT2D eigenvalue weighted by Crippen LogP contribution is -2.65. The van der Waals surface area contributed by atoms with Crippen LogP contribution in [-0.2, 0) is 9.59 Å². The van der Waals surface area contributed by atoms with Crippen LogP contribution in [-0.4, -0.2) is 46.8 Å². The number of piperazine rings is 1. The Kier molecular flexibility index (Phi) is 5.99. The van der Waals surface area contributed by atoms with Crippen LogP contribution in [0.25, 0.3) is 0 Å². The highest BCUT2D eigenvalue weighted by molar-refractivity contribution is 7.98. The van der Waals surface area contributed by atoms with Crippen LogP contribution >= 0.6 is 11.8 Å². The van der Waals surface area contributed by atoms with Gasteiger partial charge in [0, 0.05) is 11.8 Å². The third-order valence-electron chi connectivity index (χ3n) is 3.53. The predicted molar refractivity (Wildman–Crippen MR) is 75.6 cm³/mol. The summed E-state index contributed by atoms with van der Waals surface area (Å²) in [6.07, 6.45) is 4.27. The second-order valence-corrected chi connectivity index (χ2v) is 5.57. The van der Waals surface area contributed by atoms with Gasteiger partial charge in [-0.1, -0.05) is 20.8 Å². The second-order valence-electron chi connectivity index (χ2n) is 4.66. The van der Waals surface area contributed by atoms with E-state index in [-0.39, 0.29) is 29.9 Å². The van der Waals surface area contributed by atoms with Crippen LogP contribution in [0, 0.1) is 0 Å². The molecule has 0 bridgehead atoms. The molecule has 1 aliphatic heterocycles. The van der Waals surface area contributed by atoms with Crippen molar-refractivity contribution in [3.8, 4) is 0 Å². The maximum absolute atomic E-state index is 12.4. The number of hydrogen-bond donors (Lipinski definition) is 1. The number of thioether (sulfide) groups is 1. The minimum absolute atomic E-state index is 0.00324. The third-order valence-corrected chi connectivity index (χ3v) is 4.24. The summed E-state index contributed by atoms with van der Waals surface area (Å²) in [7, 11) is 0. The molecule has 0 aromatic rings. The zero-order valence-electron chi connectivity index (χ0n) is 11.7. The van der Waals surface area contributed by atoms with E-state index >= 15 is 0 Å². The van der Waals surface area contributed by atoms with Crippen LogP contribution in [0.3, 0.4) is 0 Å². The van der Waals surface area contributed by atoms with E-state index in [1.165, 1.54) is 0 Å². The van der Waals surface area contributed by atoms with E-state index in [0.717, 1.165) is 12.2 Å². The van der Waals surface area contributed by atoms with E-state index in [9.17, 15) is 9.59 Å². The summed E-state index contributed by atoms with van der Waals surface area (Å²) >= 11 is 1.73. The SMILES string of the molecule is CCC1NC(=O)C(CC)N(C(CC)CSC)C1=O. The summed E-state index contributed by atoms with van der Waals surface area (Å²) in [5, 5.41) is 2.83. The molecule has 2 amide bonds. The van der Waals surface area contributed by atoms with Gasteiger partial charge >= 0.3 is 0 Å². The van der Waals surface area contributed by atoms with Crippen molar-refractivity contribution in [1.29, 1.82) is 0 Å². The van der Waals surface area contributed by atoms with Gasteiger partial charge in [-0.3, -0.25) is 9.59 Å². The number of carbonyl (C=O) groups excluding carboxylic acids is 2. The van der Waals surface area contributed by atoms with Gasteiger partial charge in [-0.15, -0.1) is 0 Å². The van der Waals surface area contributed by atoms with E-state index in [2.05, 4.69) is 12.2 Å². The number of nitrogens with zero attached hydrogens (tertiary/aromatic N) is 1. The Morgan fingerprint density at radius 2 is 1.94 bits per heavy atom. The first-order valence-corrected chi connectivity index (χ1v) is 8.11. The van der Waals surface area contributed by atoms with Crippen molar-refractivity contribution < 1.29 is 9.59 Å². The summed E-state index contributed by atoms with van der Waals surface area (Å²) in [5.74, 6) is 0.982. The smallest absolute Gasteiger partial charge is 0.246 e. The topological polar surface area (TPSA) is 49.4 Å². The third kappa shape index (κ3) is 2.99. The van der Waals surface area contributed by atoms with Gasteiger partial charge in [0.1, 0.15) is 12.1 Å². The molecule has 0 aromatic heterocycles. The Morgan fingerprint density at radius 1 is 1.28 bits per heavy atom. The van der Waals surface area contributed by atoms with Crippen molar-refractivity contribution in [1.82, 2.24) is 10.2 Å². The highest BCUT2D eigenvalue weighted by Crippen LogP contribution is 2.21. The monoisotopic (exact) mass is 272 g/mol. The minimum atomic E-state index is -0.337. The van der Waals surface area contributed by atoms with Crippen molar-refractivity contribution in [2.24, 2.45) is 0 Å². The van der Waals surface area contributed by atoms with Gasteiger partial charge in [-0.25, -0.2) is 0 Å². The van der Waals surface area contributed by atoms with Crippen LogP contribution < -0.4 is 5.32 Å². The normalized spacial score (nSPS) is 26.1. The van der Waals surface area contributed by atoms with Gasteiger partial charge in [-0.2, -0.15) is 11.8 Å². The standard InChI is InChI=1S/C13H24N2O2S/c1-5-9(8-18-4)15-11(7-3)12(16)14-10(6-2)13(15)17/h9-11H,5-8H2,1-4H3,(H,14,16). The molecule has 1 N–H and O–H groups in total. The lowest BCUT2D eigenvalue weighted by Gasteiger charge is -2.42. The highest BCUT2D eigenvalue weighted by atomic mass is 32.2. The lowest BCUT2D eigenvalue weighted by molar-refractivity contribution is -0.152. The molecule has 1 fully saturated rings. The molecule has 1 saturated heterocycles. The number of rotatable bonds is 6. The predicted octanol–water partition coefficient (Wildman–Crippen LogP) is 1.64. The van der Waals surface area contributed by atoms with Crippen LogP contribution in [0.4, 0.5) is 0 Å². The molecule has 0 spiro atoms. The summed E-state index contributed by atoms with van der Waals surface area (Å²) in [6.45, 7) is 5.97. The fraction of sp³-hybridized carbons (Fsp3) is 0.846. The van der Waals surface area contributed by atoms with Crippen molar-refractivity contribution >= 4 is 23.6 Å². The van der Waals surface area contributed by atoms with Gasteiger partial charge in [-0.05, 0) is 25.5 Å². The molecule has 4 nitrogen and oxygen atoms in total. The molecule has 3 atom stereocenters. The molecule has 1 aliphatic rings. The summed E-state index contributed by atoms with van der Waals surface area (Å²) in [6, 6.07) is -0.467. The number of hydrogen-bond acceptors (Lipinski definition) is 3. The molecule has 0 saturated carbocycles. The van der Waals surface area contributed by atoms with E-state index in [4.69, 9.17) is 0 Å². The van der Waals surface area contributed by atoms with Crippen LogP contribution in [0.15, 0.2) is 0 Å². The zero-order chi connectivity index (χ0) is 13.7. The van der Waals surface area contributed by atoms with Gasteiger partial charge in [0.15, 0.2) is 0 Å². The van der Waals surface area contributed by atoms with Gasteiger partial charge in [0.25, 0.3) is 0 Å². The maximum Gasteiger partial charge on any atom is 0.246 e. The molecule has 104 valence electrons. The molecular formula is C13H24N2O2S. The van der Waals surface area contributed by atoms with Crippen LogP contribution in [0.1, 0.15) is 40.0 Å². The number of amides is 2. The Balaban J connectivity index is 2.98. The minimum Gasteiger partial charge on any atom is -0.343 e. The summed E-state index contributed by atoms with van der Waals surface area (Å²) in [4.78, 5) is 26.3. The van der Waals surface area contributed by atoms with Crippen LogP contribution in [0.2, 0.25) is 0 Å². The maximum atomic E-state index is 12.4. The molecule has 3 unspecified atom stereocenters. The number of nitrogens with one attached hydrogen (secondary N) is 1. The Labute approximate surface area is 114 Å². The van der Waals surface area contributed by atoms with E-state index in [0.29, 0.717) is 12.8 Å². The molecule has 5 heteroatoms. The quantitative estimate of drug-likeness (QED) is 0.800. The lowest BCUT2D eigenvalue weighted by atomic mass is 10.00. The van der Waals surface area contributed by atoms with E-state index in [1.54, 1.807) is 11.8 Å². The van der Waals surface area contributed by atoms with Crippen molar-refractivity contribution in [3.63, 3.8) is 0 Å². The van der Waals surface area contributed by atoms with Gasteiger partial charge in [0.05, 0.1) is 0 Å². The first kappa shape index (κ1) is 15.3. The Hall–Kier alpha value is -0.710. The molecule has 0 aromatic carbocycles. The summed E-state index contributed by atoms with van der Waals surface area (Å²) < 4.78 is 0. The number of carbonyl (C=O) groups is 2. The second kappa shape index (κ2) is 7.02. The molecule has 0 radical (unpaired) electrons. The molecular weight excluding hydrogens is 248 g/mol. The Morgan fingerprint density at radius 3 is 2.39 bits per heavy atom. The summed E-state index contributed by atoms with van der Waals surface area (Å²) in [5.41, 5.74) is 0. The van der Waals surface area contributed by atoms with Crippen molar-refractivity contribution in [2.45, 2.75) is 58.2 Å². The largest absolute Gasteiger partial charge is 0.343 e. The first-order chi connectivity index (χ1) is 8.60. The fourth-order valence-electron chi connectivity index (χ4n) is 2.47. The zero-order valence-corrected chi connectivity index (χ0v) is 12.5. The molecule has 18 heavy (non-hydrogen) atoms. The van der Waals surface area contributed by atoms with E-state index < -0.39 is 0 Å². The van der Waals surface area contributed by atoms with E-state index in [1.807, 2.05) is 25.0 Å².